The molecule has 0 unspecified atom stereocenters. The van der Waals surface area contributed by atoms with Gasteiger partial charge in [-0.25, -0.2) is 9.50 Å². The van der Waals surface area contributed by atoms with Crippen LogP contribution in [0.2, 0.25) is 0 Å². The van der Waals surface area contributed by atoms with Crippen molar-refractivity contribution in [1.29, 1.82) is 0 Å². The zero-order chi connectivity index (χ0) is 17.8. The maximum absolute atomic E-state index is 4.79. The van der Waals surface area contributed by atoms with Gasteiger partial charge in [-0.3, -0.25) is 4.98 Å². The van der Waals surface area contributed by atoms with Crippen LogP contribution in [0.3, 0.4) is 0 Å². The molecule has 0 aromatic carbocycles. The van der Waals surface area contributed by atoms with Crippen LogP contribution in [0.5, 0.6) is 0 Å². The summed E-state index contributed by atoms with van der Waals surface area (Å²) in [6.45, 7) is 0. The Morgan fingerprint density at radius 2 is 1.78 bits per heavy atom. The number of nitrogens with zero attached hydrogens (tertiary/aromatic N) is 5. The number of aromatic amines is 1. The highest BCUT2D eigenvalue weighted by molar-refractivity contribution is 5.83. The number of fused-ring (bicyclic) bond motifs is 3. The van der Waals surface area contributed by atoms with Gasteiger partial charge >= 0.3 is 0 Å². The van der Waals surface area contributed by atoms with Gasteiger partial charge in [0.15, 0.2) is 0 Å². The van der Waals surface area contributed by atoms with Crippen LogP contribution in [0.4, 0.5) is 0 Å². The molecule has 6 heteroatoms. The smallest absolute Gasteiger partial charge is 0.0990 e. The van der Waals surface area contributed by atoms with E-state index in [0.717, 1.165) is 44.5 Å². The Balaban J connectivity index is 1.46. The molecule has 0 bridgehead atoms. The summed E-state index contributed by atoms with van der Waals surface area (Å²) in [5.74, 6) is 0. The second kappa shape index (κ2) is 5.28. The highest BCUT2D eigenvalue weighted by Gasteiger charge is 2.09. The van der Waals surface area contributed by atoms with Crippen molar-refractivity contribution >= 4 is 21.9 Å². The lowest BCUT2D eigenvalue weighted by atomic mass is 10.2. The van der Waals surface area contributed by atoms with Gasteiger partial charge in [0.2, 0.25) is 0 Å². The zero-order valence-electron chi connectivity index (χ0n) is 14.2. The molecule has 0 aliphatic rings. The monoisotopic (exact) mass is 350 g/mol. The summed E-state index contributed by atoms with van der Waals surface area (Å²) in [5, 5.41) is 5.90. The number of H-pyrrole nitrogens is 1. The number of aromatic nitrogens is 6. The van der Waals surface area contributed by atoms with E-state index in [1.54, 1.807) is 12.5 Å². The molecule has 0 radical (unpaired) electrons. The van der Waals surface area contributed by atoms with E-state index in [2.05, 4.69) is 39.2 Å². The van der Waals surface area contributed by atoms with E-state index in [1.807, 2.05) is 51.9 Å². The molecule has 0 atom stereocenters. The van der Waals surface area contributed by atoms with E-state index in [-0.39, 0.29) is 0 Å². The summed E-state index contributed by atoms with van der Waals surface area (Å²) in [6.07, 6.45) is 11.5. The van der Waals surface area contributed by atoms with Gasteiger partial charge in [0.25, 0.3) is 0 Å². The number of hydrogen-bond acceptors (Lipinski definition) is 3. The third-order valence-corrected chi connectivity index (χ3v) is 4.89. The highest BCUT2D eigenvalue weighted by atomic mass is 15.2. The summed E-state index contributed by atoms with van der Waals surface area (Å²) < 4.78 is 3.91. The van der Waals surface area contributed by atoms with Crippen molar-refractivity contribution in [2.24, 2.45) is 0 Å². The molecule has 6 nitrogen and oxygen atoms in total. The summed E-state index contributed by atoms with van der Waals surface area (Å²) >= 11 is 0. The van der Waals surface area contributed by atoms with Crippen LogP contribution in [0.15, 0.2) is 79.8 Å². The Kier molecular flexibility index (Phi) is 2.79. The molecule has 0 amide bonds. The average molecular weight is 350 g/mol. The lowest BCUT2D eigenvalue weighted by molar-refractivity contribution is 0.947. The summed E-state index contributed by atoms with van der Waals surface area (Å²) in [5.41, 5.74) is 7.16. The molecule has 6 heterocycles. The van der Waals surface area contributed by atoms with Crippen molar-refractivity contribution in [3.05, 3.63) is 79.8 Å². The maximum atomic E-state index is 4.79. The SMILES string of the molecule is c1cc2cc(-c3ccc4cc(-c5cc6[nH]ccc6cn5)cn4n3)cn2cn1. The molecule has 0 aliphatic heterocycles. The molecular weight excluding hydrogens is 336 g/mol. The first kappa shape index (κ1) is 14.3. The van der Waals surface area contributed by atoms with Crippen molar-refractivity contribution in [2.75, 3.05) is 0 Å². The largest absolute Gasteiger partial charge is 0.361 e. The Labute approximate surface area is 153 Å². The molecule has 0 fully saturated rings. The van der Waals surface area contributed by atoms with Crippen molar-refractivity contribution < 1.29 is 0 Å². The number of nitrogens with one attached hydrogen (secondary N) is 1. The molecule has 6 rings (SSSR count). The normalized spacial score (nSPS) is 11.7. The molecule has 0 aliphatic carbocycles. The van der Waals surface area contributed by atoms with Crippen molar-refractivity contribution in [3.63, 3.8) is 0 Å². The summed E-state index contributed by atoms with van der Waals surface area (Å²) in [6, 6.07) is 14.4. The molecule has 0 spiro atoms. The minimum absolute atomic E-state index is 0.918. The van der Waals surface area contributed by atoms with Crippen molar-refractivity contribution in [3.8, 4) is 22.5 Å². The van der Waals surface area contributed by atoms with Crippen molar-refractivity contribution in [1.82, 2.24) is 29.0 Å². The fourth-order valence-corrected chi connectivity index (χ4v) is 3.49. The third kappa shape index (κ3) is 2.23. The molecule has 128 valence electrons. The second-order valence-corrected chi connectivity index (χ2v) is 6.59. The van der Waals surface area contributed by atoms with E-state index in [0.29, 0.717) is 0 Å². The van der Waals surface area contributed by atoms with Crippen LogP contribution in [0.25, 0.3) is 44.5 Å². The van der Waals surface area contributed by atoms with Gasteiger partial charge < -0.3 is 9.38 Å². The van der Waals surface area contributed by atoms with Gasteiger partial charge in [0.05, 0.1) is 23.2 Å². The van der Waals surface area contributed by atoms with Gasteiger partial charge in [-0.2, -0.15) is 5.10 Å². The van der Waals surface area contributed by atoms with Gasteiger partial charge in [-0.1, -0.05) is 0 Å². The first-order valence-corrected chi connectivity index (χ1v) is 8.69. The topological polar surface area (TPSA) is 63.3 Å². The van der Waals surface area contributed by atoms with Crippen LogP contribution < -0.4 is 0 Å². The van der Waals surface area contributed by atoms with Crippen molar-refractivity contribution in [2.45, 2.75) is 0 Å². The summed E-state index contributed by atoms with van der Waals surface area (Å²) in [4.78, 5) is 12.0. The second-order valence-electron chi connectivity index (χ2n) is 6.59. The fraction of sp³-hybridized carbons (Fsp3) is 0. The molecule has 6 aromatic heterocycles. The average Bonchev–Trinajstić information content (AvgIpc) is 3.42. The molecule has 6 aromatic rings. The van der Waals surface area contributed by atoms with E-state index in [4.69, 9.17) is 5.10 Å². The minimum atomic E-state index is 0.918. The Bertz CT molecular complexity index is 1400. The Morgan fingerprint density at radius 3 is 2.74 bits per heavy atom. The molecular formula is C21H14N6. The first-order chi connectivity index (χ1) is 13.3. The number of pyridine rings is 1. The fourth-order valence-electron chi connectivity index (χ4n) is 3.49. The lowest BCUT2D eigenvalue weighted by Crippen LogP contribution is -1.91. The van der Waals surface area contributed by atoms with Gasteiger partial charge in [-0.05, 0) is 42.5 Å². The molecule has 27 heavy (non-hydrogen) atoms. The number of rotatable bonds is 2. The van der Waals surface area contributed by atoms with E-state index in [9.17, 15) is 0 Å². The van der Waals surface area contributed by atoms with Gasteiger partial charge in [0.1, 0.15) is 0 Å². The number of hydrogen-bond donors (Lipinski definition) is 1. The molecule has 0 saturated heterocycles. The van der Waals surface area contributed by atoms with E-state index < -0.39 is 0 Å². The molecule has 0 saturated carbocycles. The van der Waals surface area contributed by atoms with Gasteiger partial charge in [0, 0.05) is 58.5 Å². The Morgan fingerprint density at radius 1 is 0.852 bits per heavy atom. The van der Waals surface area contributed by atoms with E-state index >= 15 is 0 Å². The third-order valence-electron chi connectivity index (χ3n) is 4.89. The zero-order valence-corrected chi connectivity index (χ0v) is 14.2. The van der Waals surface area contributed by atoms with Crippen LogP contribution in [-0.2, 0) is 0 Å². The predicted octanol–water partition coefficient (Wildman–Crippen LogP) is 4.19. The predicted molar refractivity (Wildman–Crippen MR) is 104 cm³/mol. The van der Waals surface area contributed by atoms with Crippen LogP contribution in [0, 0.1) is 0 Å². The Hall–Kier alpha value is -3.93. The van der Waals surface area contributed by atoms with E-state index in [1.165, 1.54) is 0 Å². The van der Waals surface area contributed by atoms with Gasteiger partial charge in [-0.15, -0.1) is 0 Å². The van der Waals surface area contributed by atoms with Crippen LogP contribution >= 0.6 is 0 Å². The quantitative estimate of drug-likeness (QED) is 0.509. The van der Waals surface area contributed by atoms with Crippen LogP contribution in [0.1, 0.15) is 0 Å². The minimum Gasteiger partial charge on any atom is -0.361 e. The molecule has 1 N–H and O–H groups in total. The summed E-state index contributed by atoms with van der Waals surface area (Å²) in [7, 11) is 0. The highest BCUT2D eigenvalue weighted by Crippen LogP contribution is 2.25. The van der Waals surface area contributed by atoms with Crippen LogP contribution in [-0.4, -0.2) is 29.0 Å². The standard InChI is InChI=1S/C21H14N6/c1-2-19(15-7-17-4-5-22-13-26(17)11-15)25-27-12-16(8-18(1)27)21-9-20-14(10-24-21)3-6-23-20/h1-13,23H. The maximum Gasteiger partial charge on any atom is 0.0990 e. The lowest BCUT2D eigenvalue weighted by Gasteiger charge is -1.98. The first-order valence-electron chi connectivity index (χ1n) is 8.69.